The first-order valence-electron chi connectivity index (χ1n) is 15.5. The van der Waals surface area contributed by atoms with E-state index in [1.54, 1.807) is 4.90 Å². The van der Waals surface area contributed by atoms with Crippen LogP contribution >= 0.6 is 0 Å². The zero-order valence-corrected chi connectivity index (χ0v) is 24.9. The van der Waals surface area contributed by atoms with Crippen LogP contribution in [0.2, 0.25) is 0 Å². The molecule has 0 spiro atoms. The zero-order valence-electron chi connectivity index (χ0n) is 24.9. The van der Waals surface area contributed by atoms with Crippen molar-refractivity contribution in [3.8, 4) is 0 Å². The fraction of sp³-hybridized carbons (Fsp3) is 0.676. The van der Waals surface area contributed by atoms with Gasteiger partial charge in [-0.3, -0.25) is 9.88 Å². The summed E-state index contributed by atoms with van der Waals surface area (Å²) in [4.78, 5) is 32.0. The van der Waals surface area contributed by atoms with Crippen molar-refractivity contribution < 1.29 is 19.1 Å². The molecule has 0 aromatic carbocycles. The van der Waals surface area contributed by atoms with Gasteiger partial charge in [-0.2, -0.15) is 0 Å². The second kappa shape index (κ2) is 10.0. The summed E-state index contributed by atoms with van der Waals surface area (Å²) < 4.78 is 11.7. The smallest absolute Gasteiger partial charge is 0.411 e. The summed E-state index contributed by atoms with van der Waals surface area (Å²) in [5, 5.41) is 0. The Hall–Kier alpha value is -2.63. The van der Waals surface area contributed by atoms with Crippen LogP contribution in [0, 0.1) is 28.6 Å². The van der Waals surface area contributed by atoms with Crippen LogP contribution < -0.4 is 0 Å². The minimum Gasteiger partial charge on any atom is -0.461 e. The van der Waals surface area contributed by atoms with E-state index >= 15 is 0 Å². The molecule has 216 valence electrons. The number of nitrogens with zero attached hydrogens (tertiary/aromatic N) is 2. The van der Waals surface area contributed by atoms with Crippen LogP contribution in [0.4, 0.5) is 4.79 Å². The molecule has 1 aromatic rings. The number of allylic oxidation sites excluding steroid dienone is 3. The second-order valence-corrected chi connectivity index (χ2v) is 14.4. The summed E-state index contributed by atoms with van der Waals surface area (Å²) in [6.45, 7) is 11.1. The van der Waals surface area contributed by atoms with Crippen LogP contribution in [-0.4, -0.2) is 46.2 Å². The minimum atomic E-state index is -0.585. The number of rotatable bonds is 3. The highest BCUT2D eigenvalue weighted by Crippen LogP contribution is 2.66. The molecule has 1 aromatic heterocycles. The van der Waals surface area contributed by atoms with Gasteiger partial charge in [-0.25, -0.2) is 9.59 Å². The van der Waals surface area contributed by atoms with Gasteiger partial charge in [-0.1, -0.05) is 37.6 Å². The highest BCUT2D eigenvalue weighted by Gasteiger charge is 2.57. The van der Waals surface area contributed by atoms with E-state index in [2.05, 4.69) is 43.1 Å². The van der Waals surface area contributed by atoms with Gasteiger partial charge in [0.1, 0.15) is 17.7 Å². The summed E-state index contributed by atoms with van der Waals surface area (Å²) in [5.41, 5.74) is 4.11. The van der Waals surface area contributed by atoms with Gasteiger partial charge in [0.25, 0.3) is 0 Å². The molecule has 2 unspecified atom stereocenters. The maximum atomic E-state index is 13.3. The molecular formula is C34H46N2O4. The first kappa shape index (κ1) is 27.5. The number of ether oxygens (including phenoxy) is 2. The lowest BCUT2D eigenvalue weighted by Gasteiger charge is -2.58. The summed E-state index contributed by atoms with van der Waals surface area (Å²) in [6.07, 6.45) is 17.4. The van der Waals surface area contributed by atoms with Crippen molar-refractivity contribution in [1.82, 2.24) is 9.88 Å². The lowest BCUT2D eigenvalue weighted by Crippen LogP contribution is -2.50. The topological polar surface area (TPSA) is 68.7 Å². The molecule has 2 heterocycles. The number of hydrogen-bond acceptors (Lipinski definition) is 5. The van der Waals surface area contributed by atoms with Crippen LogP contribution in [-0.2, 0) is 14.3 Å². The van der Waals surface area contributed by atoms with Gasteiger partial charge in [0.2, 0.25) is 0 Å². The highest BCUT2D eigenvalue weighted by atomic mass is 16.6. The SMILES string of the molecule is CC(C)(C)OC(=O)N1CCC[C@H]1C(=O)O[C@H]1CC[C@@]2(C)C(=CC[C@@H]3C2CC[C@]2(C)C(c4cccnc4)=CCC32)C1. The first-order valence-corrected chi connectivity index (χ1v) is 15.5. The Morgan fingerprint density at radius 2 is 1.82 bits per heavy atom. The van der Waals surface area contributed by atoms with Crippen molar-refractivity contribution >= 4 is 17.6 Å². The Balaban J connectivity index is 1.12. The molecule has 1 amide bonds. The van der Waals surface area contributed by atoms with Crippen molar-refractivity contribution in [1.29, 1.82) is 0 Å². The van der Waals surface area contributed by atoms with Crippen LogP contribution in [0.25, 0.3) is 5.57 Å². The number of amides is 1. The summed E-state index contributed by atoms with van der Waals surface area (Å²) in [7, 11) is 0. The third-order valence-electron chi connectivity index (χ3n) is 11.0. The van der Waals surface area contributed by atoms with Gasteiger partial charge >= 0.3 is 12.1 Å². The molecule has 4 aliphatic carbocycles. The Morgan fingerprint density at radius 3 is 2.58 bits per heavy atom. The lowest BCUT2D eigenvalue weighted by molar-refractivity contribution is -0.156. The first-order chi connectivity index (χ1) is 19.0. The van der Waals surface area contributed by atoms with Crippen molar-refractivity contribution in [3.05, 3.63) is 47.8 Å². The van der Waals surface area contributed by atoms with E-state index in [9.17, 15) is 9.59 Å². The molecule has 1 aliphatic heterocycles. The maximum absolute atomic E-state index is 13.3. The Labute approximate surface area is 239 Å². The molecule has 0 N–H and O–H groups in total. The standard InChI is InChI=1S/C34H46N2O4/c1-32(2,3)40-31(38)36-19-7-9-29(36)30(37)39-24-14-16-33(4)23(20-24)10-11-25-27-13-12-26(22-8-6-18-35-21-22)34(27,5)17-15-28(25)33/h6,8,10,12,18,21,24-25,27-29H,7,9,11,13-17,19-20H2,1-5H3/t24-,25-,27?,28?,29-,33-,34+/m0/s1. The van der Waals surface area contributed by atoms with E-state index in [1.165, 1.54) is 29.6 Å². The number of hydrogen-bond donors (Lipinski definition) is 0. The van der Waals surface area contributed by atoms with E-state index in [0.29, 0.717) is 30.7 Å². The predicted molar refractivity (Wildman–Crippen MR) is 155 cm³/mol. The Bertz CT molecular complexity index is 1220. The second-order valence-electron chi connectivity index (χ2n) is 14.4. The molecule has 2 saturated carbocycles. The van der Waals surface area contributed by atoms with Crippen molar-refractivity contribution in [2.24, 2.45) is 28.6 Å². The largest absolute Gasteiger partial charge is 0.461 e. The molecule has 6 rings (SSSR count). The Kier molecular flexibility index (Phi) is 6.90. The van der Waals surface area contributed by atoms with Crippen LogP contribution in [0.5, 0.6) is 0 Å². The van der Waals surface area contributed by atoms with E-state index < -0.39 is 17.7 Å². The van der Waals surface area contributed by atoms with Gasteiger partial charge in [-0.15, -0.1) is 0 Å². The maximum Gasteiger partial charge on any atom is 0.411 e. The molecule has 7 atom stereocenters. The van der Waals surface area contributed by atoms with Crippen LogP contribution in [0.1, 0.15) is 98.0 Å². The lowest BCUT2D eigenvalue weighted by atomic mass is 9.47. The van der Waals surface area contributed by atoms with E-state index in [0.717, 1.165) is 38.5 Å². The fourth-order valence-corrected chi connectivity index (χ4v) is 9.06. The number of fused-ring (bicyclic) bond motifs is 5. The number of carbonyl (C=O) groups is 2. The van der Waals surface area contributed by atoms with Crippen molar-refractivity contribution in [3.63, 3.8) is 0 Å². The average molecular weight is 547 g/mol. The van der Waals surface area contributed by atoms with Gasteiger partial charge in [0.15, 0.2) is 0 Å². The summed E-state index contributed by atoms with van der Waals surface area (Å²) in [5.74, 6) is 1.78. The zero-order chi connectivity index (χ0) is 28.3. The Morgan fingerprint density at radius 1 is 1.02 bits per heavy atom. The number of esters is 1. The molecule has 0 bridgehead atoms. The van der Waals surface area contributed by atoms with Gasteiger partial charge in [-0.05, 0) is 118 Å². The molecule has 3 fully saturated rings. The molecule has 1 saturated heterocycles. The molecular weight excluding hydrogens is 500 g/mol. The summed E-state index contributed by atoms with van der Waals surface area (Å²) in [6, 6.07) is 3.75. The van der Waals surface area contributed by atoms with Gasteiger partial charge in [0, 0.05) is 25.4 Å². The average Bonchev–Trinajstić information content (AvgIpc) is 3.53. The normalized spacial score (nSPS) is 37.0. The molecule has 6 nitrogen and oxygen atoms in total. The van der Waals surface area contributed by atoms with Crippen molar-refractivity contribution in [2.45, 2.75) is 110 Å². The number of carbonyl (C=O) groups excluding carboxylic acids is 2. The highest BCUT2D eigenvalue weighted by molar-refractivity contribution is 5.82. The molecule has 40 heavy (non-hydrogen) atoms. The molecule has 6 heteroatoms. The van der Waals surface area contributed by atoms with E-state index in [-0.39, 0.29) is 22.9 Å². The molecule has 5 aliphatic rings. The number of pyridine rings is 1. The predicted octanol–water partition coefficient (Wildman–Crippen LogP) is 7.35. The number of likely N-dealkylation sites (tertiary alicyclic amines) is 1. The van der Waals surface area contributed by atoms with Gasteiger partial charge in [0.05, 0.1) is 0 Å². The molecule has 0 radical (unpaired) electrons. The minimum absolute atomic E-state index is 0.108. The van der Waals surface area contributed by atoms with Crippen LogP contribution in [0.15, 0.2) is 42.3 Å². The third kappa shape index (κ3) is 4.69. The third-order valence-corrected chi connectivity index (χ3v) is 11.0. The van der Waals surface area contributed by atoms with Crippen molar-refractivity contribution in [2.75, 3.05) is 6.54 Å². The summed E-state index contributed by atoms with van der Waals surface area (Å²) >= 11 is 0. The van der Waals surface area contributed by atoms with E-state index in [1.807, 2.05) is 33.2 Å². The van der Waals surface area contributed by atoms with E-state index in [4.69, 9.17) is 9.47 Å². The fourth-order valence-electron chi connectivity index (χ4n) is 9.06. The quantitative estimate of drug-likeness (QED) is 0.293. The monoisotopic (exact) mass is 546 g/mol. The van der Waals surface area contributed by atoms with Crippen LogP contribution in [0.3, 0.4) is 0 Å². The number of aromatic nitrogens is 1. The van der Waals surface area contributed by atoms with Gasteiger partial charge < -0.3 is 9.47 Å².